The van der Waals surface area contributed by atoms with Crippen molar-refractivity contribution in [2.45, 2.75) is 25.2 Å². The van der Waals surface area contributed by atoms with E-state index in [0.29, 0.717) is 0 Å². The van der Waals surface area contributed by atoms with Gasteiger partial charge >= 0.3 is 21.7 Å². The molecule has 21 heavy (non-hydrogen) atoms. The van der Waals surface area contributed by atoms with Crippen LogP contribution >= 0.6 is 0 Å². The number of likely N-dealkylation sites (N-methyl/N-ethyl adjacent to an activating group) is 2. The fourth-order valence-corrected chi connectivity index (χ4v) is 1.55. The number of nitrogens with one attached hydrogen (secondary N) is 1. The maximum absolute atomic E-state index is 13.7. The van der Waals surface area contributed by atoms with Crippen LogP contribution in [0.3, 0.4) is 0 Å². The molecule has 125 valence electrons. The Hall–Kier alpha value is 0.854. The summed E-state index contributed by atoms with van der Waals surface area (Å²) >= 11 is 0. The predicted octanol–water partition coefficient (Wildman–Crippen LogP) is -4.99. The van der Waals surface area contributed by atoms with E-state index in [4.69, 9.17) is 0 Å². The van der Waals surface area contributed by atoms with Crippen LogP contribution in [-0.2, 0) is 21.7 Å². The number of nitrogens with zero attached hydrogens (tertiary/aromatic N) is 3. The molecule has 1 N–H and O–H groups in total. The zero-order valence-corrected chi connectivity index (χ0v) is 14.8. The number of alkyl halides is 4. The van der Waals surface area contributed by atoms with Gasteiger partial charge in [0, 0.05) is 25.9 Å². The first-order valence-corrected chi connectivity index (χ1v) is 5.77. The number of hydrogen-bond acceptors (Lipinski definition) is 3. The van der Waals surface area contributed by atoms with Gasteiger partial charge in [-0.3, -0.25) is 19.5 Å². The second-order valence-corrected chi connectivity index (χ2v) is 4.42. The Morgan fingerprint density at radius 1 is 0.952 bits per heavy atom. The van der Waals surface area contributed by atoms with Gasteiger partial charge in [0.1, 0.15) is 6.30 Å². The molecule has 1 heterocycles. The van der Waals surface area contributed by atoms with Crippen LogP contribution in [0.5, 0.6) is 0 Å². The maximum atomic E-state index is 13.7. The van der Waals surface area contributed by atoms with Crippen molar-refractivity contribution in [2.24, 2.45) is 0 Å². The van der Waals surface area contributed by atoms with Crippen molar-refractivity contribution in [3.63, 3.8) is 0 Å². The van der Waals surface area contributed by atoms with Crippen molar-refractivity contribution < 1.29 is 64.1 Å². The van der Waals surface area contributed by atoms with E-state index >= 15 is 0 Å². The van der Waals surface area contributed by atoms with E-state index in [2.05, 4.69) is 10.6 Å². The summed E-state index contributed by atoms with van der Waals surface area (Å²) in [6, 6.07) is 0. The van der Waals surface area contributed by atoms with E-state index in [1.807, 2.05) is 0 Å². The quantitative estimate of drug-likeness (QED) is 0.256. The molecule has 1 aliphatic rings. The molecule has 0 spiro atoms. The van der Waals surface area contributed by atoms with Crippen LogP contribution in [0.25, 0.3) is 5.32 Å². The minimum atomic E-state index is -1.67. The molecular weight excluding hydrogens is 371 g/mol. The molecule has 1 aliphatic heterocycles. The van der Waals surface area contributed by atoms with E-state index < -0.39 is 31.7 Å². The molecule has 11 heteroatoms. The fourth-order valence-electron chi connectivity index (χ4n) is 1.55. The molecule has 1 rings (SSSR count). The van der Waals surface area contributed by atoms with E-state index in [-0.39, 0.29) is 66.2 Å². The van der Waals surface area contributed by atoms with Gasteiger partial charge in [0.15, 0.2) is 12.6 Å². The summed E-state index contributed by atoms with van der Waals surface area (Å²) in [5.41, 5.74) is 0. The van der Waals surface area contributed by atoms with Crippen LogP contribution in [0.1, 0.15) is 0 Å². The van der Waals surface area contributed by atoms with Crippen LogP contribution < -0.4 is 30.1 Å². The SMILES string of the molecule is CN1CC(F)NCC(F)[N-]CC(F)N(C)CC1F.[Cl-].[Cl-].[Ti+3]. The first-order chi connectivity index (χ1) is 8.40. The van der Waals surface area contributed by atoms with Crippen LogP contribution in [-0.4, -0.2) is 75.3 Å². The van der Waals surface area contributed by atoms with Gasteiger partial charge in [-0.15, -0.1) is 6.54 Å². The van der Waals surface area contributed by atoms with Crippen molar-refractivity contribution >= 4 is 0 Å². The van der Waals surface area contributed by atoms with Crippen LogP contribution in [0.15, 0.2) is 0 Å². The van der Waals surface area contributed by atoms with E-state index in [9.17, 15) is 17.6 Å². The summed E-state index contributed by atoms with van der Waals surface area (Å²) in [7, 11) is 2.77. The second kappa shape index (κ2) is 13.3. The van der Waals surface area contributed by atoms with E-state index in [0.717, 1.165) is 9.80 Å². The third kappa shape index (κ3) is 10.3. The van der Waals surface area contributed by atoms with E-state index in [1.54, 1.807) is 0 Å². The van der Waals surface area contributed by atoms with Gasteiger partial charge in [0.25, 0.3) is 0 Å². The van der Waals surface area contributed by atoms with Crippen molar-refractivity contribution in [3.05, 3.63) is 5.32 Å². The number of rotatable bonds is 0. The Balaban J connectivity index is -0.00000108. The molecule has 0 aromatic heterocycles. The Morgan fingerprint density at radius 2 is 1.48 bits per heavy atom. The standard InChI is InChI=1S/C10H19F4N4.2ClH.Ti/c1-17-5-8(12)15-3-7(11)16-4-9(13)18(2)6-10(17)14;;;/h7-10,15H,3-6H2,1-2H3;2*1H;/q-1;;;+3/p-2. The number of hydrogen-bond donors (Lipinski definition) is 1. The summed E-state index contributed by atoms with van der Waals surface area (Å²) in [6.45, 7) is -1.20. The minimum absolute atomic E-state index is 0. The molecule has 0 aromatic carbocycles. The normalized spacial score (nSPS) is 33.4. The summed E-state index contributed by atoms with van der Waals surface area (Å²) in [4.78, 5) is 2.21. The third-order valence-corrected chi connectivity index (χ3v) is 2.81. The molecule has 0 aromatic rings. The molecule has 4 atom stereocenters. The predicted molar refractivity (Wildman–Crippen MR) is 61.1 cm³/mol. The van der Waals surface area contributed by atoms with Gasteiger partial charge < -0.3 is 30.1 Å². The monoisotopic (exact) mass is 389 g/mol. The fraction of sp³-hybridized carbons (Fsp3) is 1.00. The Labute approximate surface area is 150 Å². The molecule has 0 amide bonds. The summed E-state index contributed by atoms with van der Waals surface area (Å²) in [5.74, 6) is 0. The topological polar surface area (TPSA) is 32.6 Å². The van der Waals surface area contributed by atoms with Crippen molar-refractivity contribution in [1.82, 2.24) is 15.1 Å². The second-order valence-electron chi connectivity index (χ2n) is 4.42. The summed E-state index contributed by atoms with van der Waals surface area (Å²) in [6.07, 6.45) is -6.25. The summed E-state index contributed by atoms with van der Waals surface area (Å²) in [5, 5.41) is 5.67. The van der Waals surface area contributed by atoms with Gasteiger partial charge in [0.05, 0.1) is 0 Å². The van der Waals surface area contributed by atoms with Gasteiger partial charge in [0.2, 0.25) is 0 Å². The Kier molecular flexibility index (Phi) is 16.9. The van der Waals surface area contributed by atoms with E-state index in [1.165, 1.54) is 14.1 Å². The molecule has 1 fully saturated rings. The van der Waals surface area contributed by atoms with Gasteiger partial charge in [-0.2, -0.15) is 0 Å². The zero-order chi connectivity index (χ0) is 13.7. The molecule has 4 unspecified atom stereocenters. The molecule has 0 aliphatic carbocycles. The van der Waals surface area contributed by atoms with Crippen LogP contribution in [0.4, 0.5) is 17.6 Å². The van der Waals surface area contributed by atoms with Gasteiger partial charge in [-0.25, -0.2) is 13.2 Å². The first-order valence-electron chi connectivity index (χ1n) is 5.77. The molecule has 4 nitrogen and oxygen atoms in total. The first kappa shape index (κ1) is 26.7. The smallest absolute Gasteiger partial charge is 1.00 e. The van der Waals surface area contributed by atoms with Crippen molar-refractivity contribution in [1.29, 1.82) is 0 Å². The Bertz CT molecular complexity index is 261. The van der Waals surface area contributed by atoms with Crippen molar-refractivity contribution in [3.8, 4) is 0 Å². The Morgan fingerprint density at radius 3 is 2.05 bits per heavy atom. The van der Waals surface area contributed by atoms with Gasteiger partial charge in [-0.05, 0) is 14.1 Å². The molecule has 1 radical (unpaired) electrons. The molecule has 1 saturated heterocycles. The third-order valence-electron chi connectivity index (χ3n) is 2.81. The van der Waals surface area contributed by atoms with Crippen molar-refractivity contribution in [2.75, 3.05) is 40.3 Å². The summed E-state index contributed by atoms with van der Waals surface area (Å²) < 4.78 is 53.6. The average Bonchev–Trinajstić information content (AvgIpc) is 2.31. The number of halogens is 6. The van der Waals surface area contributed by atoms with Crippen LogP contribution in [0.2, 0.25) is 0 Å². The largest absolute Gasteiger partial charge is 3.00 e. The van der Waals surface area contributed by atoms with Crippen LogP contribution in [0, 0.1) is 0 Å². The minimum Gasteiger partial charge on any atom is -1.00 e. The van der Waals surface area contributed by atoms with Gasteiger partial charge in [-0.1, -0.05) is 0 Å². The molecule has 0 saturated carbocycles. The molecule has 0 bridgehead atoms. The zero-order valence-electron chi connectivity index (χ0n) is 11.7. The molecular formula is C10H19Cl2F4N4Ti. The average molecular weight is 390 g/mol. The maximum Gasteiger partial charge on any atom is 3.00 e.